The molecule has 0 spiro atoms. The lowest BCUT2D eigenvalue weighted by molar-refractivity contribution is -0.138. The van der Waals surface area contributed by atoms with Gasteiger partial charge in [0.1, 0.15) is 0 Å². The van der Waals surface area contributed by atoms with Crippen LogP contribution in [-0.2, 0) is 13.2 Å². The van der Waals surface area contributed by atoms with Gasteiger partial charge in [-0.2, -0.15) is 13.2 Å². The number of hydrogen-bond donors (Lipinski definition) is 1. The van der Waals surface area contributed by atoms with Gasteiger partial charge < -0.3 is 4.57 Å². The molecule has 0 amide bonds. The SMILES string of the molecule is Cn1cc(C(F)(F)F)cnc1=N. The van der Waals surface area contributed by atoms with Crippen molar-refractivity contribution >= 4 is 0 Å². The fraction of sp³-hybridized carbons (Fsp3) is 0.333. The van der Waals surface area contributed by atoms with Gasteiger partial charge in [-0.3, -0.25) is 5.41 Å². The van der Waals surface area contributed by atoms with E-state index in [0.29, 0.717) is 6.20 Å². The van der Waals surface area contributed by atoms with Crippen LogP contribution >= 0.6 is 0 Å². The van der Waals surface area contributed by atoms with Gasteiger partial charge in [-0.1, -0.05) is 0 Å². The van der Waals surface area contributed by atoms with E-state index in [-0.39, 0.29) is 5.62 Å². The van der Waals surface area contributed by atoms with E-state index >= 15 is 0 Å². The van der Waals surface area contributed by atoms with Gasteiger partial charge in [-0.05, 0) is 0 Å². The summed E-state index contributed by atoms with van der Waals surface area (Å²) < 4.78 is 37.0. The maximum Gasteiger partial charge on any atom is 0.419 e. The van der Waals surface area contributed by atoms with Crippen molar-refractivity contribution in [2.24, 2.45) is 7.05 Å². The van der Waals surface area contributed by atoms with E-state index in [1.807, 2.05) is 0 Å². The standard InChI is InChI=1S/C6H6F3N3/c1-12-3-4(6(7,8)9)2-11-5(12)10/h2-3,10H,1H3. The summed E-state index contributed by atoms with van der Waals surface area (Å²) >= 11 is 0. The van der Waals surface area contributed by atoms with Gasteiger partial charge in [0.15, 0.2) is 0 Å². The highest BCUT2D eigenvalue weighted by Crippen LogP contribution is 2.27. The number of nitrogens with zero attached hydrogens (tertiary/aromatic N) is 2. The summed E-state index contributed by atoms with van der Waals surface area (Å²) in [5.74, 6) is 0. The van der Waals surface area contributed by atoms with Crippen molar-refractivity contribution in [1.82, 2.24) is 9.55 Å². The Labute approximate surface area is 66.0 Å². The lowest BCUT2D eigenvalue weighted by Gasteiger charge is -2.06. The second-order valence-electron chi connectivity index (χ2n) is 2.27. The maximum absolute atomic E-state index is 12.0. The number of aromatic nitrogens is 2. The summed E-state index contributed by atoms with van der Waals surface area (Å²) in [6.45, 7) is 0. The number of alkyl halides is 3. The van der Waals surface area contributed by atoms with Crippen LogP contribution in [0, 0.1) is 5.41 Å². The van der Waals surface area contributed by atoms with Crippen LogP contribution in [-0.4, -0.2) is 9.55 Å². The van der Waals surface area contributed by atoms with E-state index in [0.717, 1.165) is 10.8 Å². The molecule has 0 aromatic carbocycles. The third kappa shape index (κ3) is 1.63. The Morgan fingerprint density at radius 2 is 2.08 bits per heavy atom. The molecule has 1 N–H and O–H groups in total. The van der Waals surface area contributed by atoms with E-state index in [9.17, 15) is 13.2 Å². The van der Waals surface area contributed by atoms with Crippen molar-refractivity contribution in [3.8, 4) is 0 Å². The molecule has 3 nitrogen and oxygen atoms in total. The van der Waals surface area contributed by atoms with Crippen LogP contribution in [0.25, 0.3) is 0 Å². The lowest BCUT2D eigenvalue weighted by atomic mass is 10.3. The fourth-order valence-electron chi connectivity index (χ4n) is 0.671. The van der Waals surface area contributed by atoms with E-state index in [2.05, 4.69) is 4.98 Å². The monoisotopic (exact) mass is 177 g/mol. The normalized spacial score (nSPS) is 11.7. The average molecular weight is 177 g/mol. The molecular weight excluding hydrogens is 171 g/mol. The number of halogens is 3. The Kier molecular flexibility index (Phi) is 1.91. The van der Waals surface area contributed by atoms with Gasteiger partial charge in [0.05, 0.1) is 5.56 Å². The first-order chi connectivity index (χ1) is 5.41. The van der Waals surface area contributed by atoms with Crippen LogP contribution in [0.1, 0.15) is 5.56 Å². The molecule has 1 heterocycles. The third-order valence-electron chi connectivity index (χ3n) is 1.32. The number of rotatable bonds is 0. The zero-order valence-electron chi connectivity index (χ0n) is 6.18. The molecule has 0 atom stereocenters. The van der Waals surface area contributed by atoms with E-state index in [4.69, 9.17) is 5.41 Å². The quantitative estimate of drug-likeness (QED) is 0.629. The highest BCUT2D eigenvalue weighted by molar-refractivity contribution is 5.07. The van der Waals surface area contributed by atoms with E-state index < -0.39 is 11.7 Å². The number of hydrogen-bond acceptors (Lipinski definition) is 2. The van der Waals surface area contributed by atoms with Gasteiger partial charge in [0.2, 0.25) is 5.62 Å². The van der Waals surface area contributed by atoms with Gasteiger partial charge in [0, 0.05) is 19.4 Å². The lowest BCUT2D eigenvalue weighted by Crippen LogP contribution is -2.22. The molecule has 0 fully saturated rings. The fourth-order valence-corrected chi connectivity index (χ4v) is 0.671. The second-order valence-corrected chi connectivity index (χ2v) is 2.27. The zero-order valence-corrected chi connectivity index (χ0v) is 6.18. The smallest absolute Gasteiger partial charge is 0.320 e. The Hall–Kier alpha value is -1.33. The summed E-state index contributed by atoms with van der Waals surface area (Å²) in [5, 5.41) is 7.01. The average Bonchev–Trinajstić information content (AvgIpc) is 1.92. The first-order valence-electron chi connectivity index (χ1n) is 3.06. The molecule has 0 saturated carbocycles. The molecule has 12 heavy (non-hydrogen) atoms. The molecule has 0 saturated heterocycles. The van der Waals surface area contributed by atoms with Gasteiger partial charge >= 0.3 is 6.18 Å². The number of aryl methyl sites for hydroxylation is 1. The van der Waals surface area contributed by atoms with E-state index in [1.165, 1.54) is 7.05 Å². The van der Waals surface area contributed by atoms with E-state index in [1.54, 1.807) is 0 Å². The molecule has 0 aliphatic heterocycles. The van der Waals surface area contributed by atoms with Crippen molar-refractivity contribution in [2.75, 3.05) is 0 Å². The molecular formula is C6H6F3N3. The van der Waals surface area contributed by atoms with Crippen molar-refractivity contribution < 1.29 is 13.2 Å². The Bertz CT molecular complexity index is 339. The highest BCUT2D eigenvalue weighted by atomic mass is 19.4. The topological polar surface area (TPSA) is 41.7 Å². The molecule has 0 bridgehead atoms. The molecule has 0 aliphatic rings. The van der Waals surface area contributed by atoms with Crippen molar-refractivity contribution in [3.05, 3.63) is 23.6 Å². The Morgan fingerprint density at radius 1 is 1.50 bits per heavy atom. The van der Waals surface area contributed by atoms with Crippen LogP contribution < -0.4 is 5.62 Å². The van der Waals surface area contributed by atoms with Crippen LogP contribution in [0.4, 0.5) is 13.2 Å². The highest BCUT2D eigenvalue weighted by Gasteiger charge is 2.31. The molecule has 1 aromatic heterocycles. The molecule has 1 rings (SSSR count). The molecule has 1 aromatic rings. The van der Waals surface area contributed by atoms with Gasteiger partial charge in [-0.15, -0.1) is 0 Å². The van der Waals surface area contributed by atoms with Crippen LogP contribution in [0.15, 0.2) is 12.4 Å². The van der Waals surface area contributed by atoms with Crippen molar-refractivity contribution in [2.45, 2.75) is 6.18 Å². The number of nitrogens with one attached hydrogen (secondary N) is 1. The Balaban J connectivity index is 3.23. The summed E-state index contributed by atoms with van der Waals surface area (Å²) in [6.07, 6.45) is -2.92. The molecule has 0 aliphatic carbocycles. The van der Waals surface area contributed by atoms with Crippen molar-refractivity contribution in [1.29, 1.82) is 5.41 Å². The summed E-state index contributed by atoms with van der Waals surface area (Å²) in [7, 11) is 1.34. The zero-order chi connectivity index (χ0) is 9.35. The van der Waals surface area contributed by atoms with Crippen molar-refractivity contribution in [3.63, 3.8) is 0 Å². The molecule has 0 unspecified atom stereocenters. The second kappa shape index (κ2) is 2.62. The van der Waals surface area contributed by atoms with Crippen LogP contribution in [0.3, 0.4) is 0 Å². The first kappa shape index (κ1) is 8.76. The minimum atomic E-state index is -4.39. The third-order valence-corrected chi connectivity index (χ3v) is 1.32. The van der Waals surface area contributed by atoms with Gasteiger partial charge in [0.25, 0.3) is 0 Å². The van der Waals surface area contributed by atoms with Gasteiger partial charge in [-0.25, -0.2) is 4.98 Å². The maximum atomic E-state index is 12.0. The Morgan fingerprint density at radius 3 is 2.50 bits per heavy atom. The molecule has 0 radical (unpaired) electrons. The minimum Gasteiger partial charge on any atom is -0.320 e. The van der Waals surface area contributed by atoms with Crippen LogP contribution in [0.2, 0.25) is 0 Å². The first-order valence-corrected chi connectivity index (χ1v) is 3.06. The molecule has 66 valence electrons. The predicted molar refractivity (Wildman–Crippen MR) is 34.1 cm³/mol. The van der Waals surface area contributed by atoms with Crippen LogP contribution in [0.5, 0.6) is 0 Å². The molecule has 6 heteroatoms. The summed E-state index contributed by atoms with van der Waals surface area (Å²) in [6, 6.07) is 0. The minimum absolute atomic E-state index is 0.206. The largest absolute Gasteiger partial charge is 0.419 e. The predicted octanol–water partition coefficient (Wildman–Crippen LogP) is 0.918. The summed E-state index contributed by atoms with van der Waals surface area (Å²) in [4.78, 5) is 3.25. The summed E-state index contributed by atoms with van der Waals surface area (Å²) in [5.41, 5.74) is -1.05.